The van der Waals surface area contributed by atoms with Crippen LogP contribution < -0.4 is 10.6 Å². The highest BCUT2D eigenvalue weighted by Gasteiger charge is 2.30. The van der Waals surface area contributed by atoms with E-state index in [1.54, 1.807) is 0 Å². The van der Waals surface area contributed by atoms with Crippen molar-refractivity contribution in [3.05, 3.63) is 46.8 Å². The van der Waals surface area contributed by atoms with E-state index >= 15 is 0 Å². The molecule has 1 amide bonds. The molecular formula is C22H30N4O. The Morgan fingerprint density at radius 1 is 1.22 bits per heavy atom. The third-order valence-corrected chi connectivity index (χ3v) is 6.22. The highest BCUT2D eigenvalue weighted by molar-refractivity contribution is 5.94. The van der Waals surface area contributed by atoms with Gasteiger partial charge in [-0.2, -0.15) is 5.10 Å². The molecule has 0 unspecified atom stereocenters. The summed E-state index contributed by atoms with van der Waals surface area (Å²) in [5, 5.41) is 11.3. The quantitative estimate of drug-likeness (QED) is 0.855. The van der Waals surface area contributed by atoms with Gasteiger partial charge in [-0.1, -0.05) is 26.0 Å². The average molecular weight is 367 g/mol. The van der Waals surface area contributed by atoms with E-state index in [1.165, 1.54) is 11.3 Å². The molecule has 1 saturated heterocycles. The second-order valence-electron chi connectivity index (χ2n) is 8.30. The van der Waals surface area contributed by atoms with E-state index < -0.39 is 0 Å². The van der Waals surface area contributed by atoms with Gasteiger partial charge in [0.1, 0.15) is 0 Å². The number of hydrogen-bond acceptors (Lipinski definition) is 3. The molecule has 2 heterocycles. The topological polar surface area (TPSA) is 59.0 Å². The summed E-state index contributed by atoms with van der Waals surface area (Å²) < 4.78 is 1.99. The van der Waals surface area contributed by atoms with Gasteiger partial charge in [-0.3, -0.25) is 4.79 Å². The van der Waals surface area contributed by atoms with Crippen LogP contribution in [0.5, 0.6) is 0 Å². The highest BCUT2D eigenvalue weighted by Crippen LogP contribution is 2.29. The number of aryl methyl sites for hydroxylation is 1. The van der Waals surface area contributed by atoms with Gasteiger partial charge in [0, 0.05) is 17.8 Å². The zero-order valence-corrected chi connectivity index (χ0v) is 16.5. The number of fused-ring (bicyclic) bond motifs is 1. The number of carbonyl (C=O) groups is 1. The molecule has 2 aliphatic rings. The number of hydrogen-bond donors (Lipinski definition) is 2. The second-order valence-corrected chi connectivity index (χ2v) is 8.30. The first kappa shape index (κ1) is 18.2. The van der Waals surface area contributed by atoms with Crippen LogP contribution in [-0.4, -0.2) is 35.3 Å². The van der Waals surface area contributed by atoms with E-state index in [0.29, 0.717) is 5.69 Å². The van der Waals surface area contributed by atoms with Crippen molar-refractivity contribution in [2.24, 2.45) is 5.41 Å². The fourth-order valence-electron chi connectivity index (χ4n) is 4.29. The van der Waals surface area contributed by atoms with Crippen molar-refractivity contribution in [1.82, 2.24) is 20.4 Å². The van der Waals surface area contributed by atoms with E-state index in [0.717, 1.165) is 69.4 Å². The summed E-state index contributed by atoms with van der Waals surface area (Å²) >= 11 is 0. The maximum Gasteiger partial charge on any atom is 0.272 e. The molecule has 1 aromatic heterocycles. The number of rotatable bonds is 5. The van der Waals surface area contributed by atoms with Crippen LogP contribution in [0, 0.1) is 5.41 Å². The van der Waals surface area contributed by atoms with Gasteiger partial charge in [0.2, 0.25) is 0 Å². The van der Waals surface area contributed by atoms with Crippen molar-refractivity contribution in [2.45, 2.75) is 52.4 Å². The minimum Gasteiger partial charge on any atom is -0.350 e. The zero-order chi connectivity index (χ0) is 18.9. The normalized spacial score (nSPS) is 18.3. The fourth-order valence-corrected chi connectivity index (χ4v) is 4.29. The van der Waals surface area contributed by atoms with Gasteiger partial charge in [0.15, 0.2) is 5.69 Å². The predicted molar refractivity (Wildman–Crippen MR) is 108 cm³/mol. The summed E-state index contributed by atoms with van der Waals surface area (Å²) in [5.74, 6) is -0.0168. The molecule has 0 spiro atoms. The number of piperidine rings is 1. The van der Waals surface area contributed by atoms with Crippen molar-refractivity contribution < 1.29 is 4.79 Å². The minimum absolute atomic E-state index is 0.0168. The van der Waals surface area contributed by atoms with E-state index in [1.807, 2.05) is 4.68 Å². The Morgan fingerprint density at radius 3 is 2.67 bits per heavy atom. The largest absolute Gasteiger partial charge is 0.350 e. The lowest BCUT2D eigenvalue weighted by atomic mass is 9.81. The summed E-state index contributed by atoms with van der Waals surface area (Å²) in [5.41, 5.74) is 5.52. The Kier molecular flexibility index (Phi) is 5.04. The molecule has 144 valence electrons. The Bertz CT molecular complexity index is 816. The molecule has 2 N–H and O–H groups in total. The summed E-state index contributed by atoms with van der Waals surface area (Å²) in [6, 6.07) is 8.52. The van der Waals surface area contributed by atoms with Crippen LogP contribution in [0.3, 0.4) is 0 Å². The molecule has 1 fully saturated rings. The first-order valence-electron chi connectivity index (χ1n) is 10.3. The molecule has 0 atom stereocenters. The van der Waals surface area contributed by atoms with Crippen LogP contribution in [-0.2, 0) is 19.3 Å². The van der Waals surface area contributed by atoms with Gasteiger partial charge < -0.3 is 10.6 Å². The molecule has 5 nitrogen and oxygen atoms in total. The lowest BCUT2D eigenvalue weighted by Crippen LogP contribution is -2.43. The van der Waals surface area contributed by atoms with Gasteiger partial charge in [-0.05, 0) is 74.7 Å². The van der Waals surface area contributed by atoms with Crippen LogP contribution in [0.15, 0.2) is 24.3 Å². The molecular weight excluding hydrogens is 336 g/mol. The number of nitrogens with zero attached hydrogens (tertiary/aromatic N) is 2. The number of amides is 1. The van der Waals surface area contributed by atoms with Gasteiger partial charge in [-0.15, -0.1) is 0 Å². The van der Waals surface area contributed by atoms with Gasteiger partial charge in [-0.25, -0.2) is 4.68 Å². The van der Waals surface area contributed by atoms with Crippen LogP contribution >= 0.6 is 0 Å². The molecule has 27 heavy (non-hydrogen) atoms. The van der Waals surface area contributed by atoms with Crippen molar-refractivity contribution in [3.63, 3.8) is 0 Å². The lowest BCUT2D eigenvalue weighted by Gasteiger charge is -2.34. The minimum atomic E-state index is -0.0168. The van der Waals surface area contributed by atoms with Gasteiger partial charge in [0.05, 0.1) is 5.69 Å². The van der Waals surface area contributed by atoms with Crippen LogP contribution in [0.2, 0.25) is 0 Å². The van der Waals surface area contributed by atoms with Crippen molar-refractivity contribution in [3.8, 4) is 5.69 Å². The lowest BCUT2D eigenvalue weighted by molar-refractivity contribution is 0.0916. The smallest absolute Gasteiger partial charge is 0.272 e. The first-order chi connectivity index (χ1) is 13.1. The van der Waals surface area contributed by atoms with E-state index in [2.05, 4.69) is 48.7 Å². The van der Waals surface area contributed by atoms with Crippen molar-refractivity contribution in [1.29, 1.82) is 0 Å². The molecule has 2 aromatic rings. The molecule has 0 bridgehead atoms. The Balaban J connectivity index is 1.55. The summed E-state index contributed by atoms with van der Waals surface area (Å²) in [7, 11) is 0. The number of aromatic nitrogens is 2. The fraction of sp³-hybridized carbons (Fsp3) is 0.545. The zero-order valence-electron chi connectivity index (χ0n) is 16.5. The van der Waals surface area contributed by atoms with Gasteiger partial charge >= 0.3 is 0 Å². The van der Waals surface area contributed by atoms with E-state index in [9.17, 15) is 4.79 Å². The molecule has 0 saturated carbocycles. The Morgan fingerprint density at radius 2 is 1.96 bits per heavy atom. The molecule has 5 heteroatoms. The third kappa shape index (κ3) is 3.65. The number of benzene rings is 1. The summed E-state index contributed by atoms with van der Waals surface area (Å²) in [4.78, 5) is 12.9. The van der Waals surface area contributed by atoms with Crippen molar-refractivity contribution >= 4 is 5.91 Å². The van der Waals surface area contributed by atoms with Crippen LogP contribution in [0.25, 0.3) is 5.69 Å². The number of carbonyl (C=O) groups excluding carboxylic acids is 1. The van der Waals surface area contributed by atoms with Crippen molar-refractivity contribution in [2.75, 3.05) is 19.6 Å². The summed E-state index contributed by atoms with van der Waals surface area (Å²) in [6.45, 7) is 7.22. The highest BCUT2D eigenvalue weighted by atomic mass is 16.2. The Hall–Kier alpha value is -2.14. The molecule has 1 aliphatic heterocycles. The maximum absolute atomic E-state index is 12.9. The van der Waals surface area contributed by atoms with E-state index in [-0.39, 0.29) is 11.3 Å². The predicted octanol–water partition coefficient (Wildman–Crippen LogP) is 3.04. The van der Waals surface area contributed by atoms with E-state index in [4.69, 9.17) is 5.10 Å². The van der Waals surface area contributed by atoms with Crippen LogP contribution in [0.1, 0.15) is 60.4 Å². The first-order valence-corrected chi connectivity index (χ1v) is 10.3. The molecule has 0 radical (unpaired) electrons. The average Bonchev–Trinajstić information content (AvgIpc) is 3.30. The SMILES string of the molecule is CCc1ccc(-n2nc(C(=O)NCC3(C)CCNCC3)c3c2CCC3)cc1. The molecule has 1 aromatic carbocycles. The molecule has 4 rings (SSSR count). The third-order valence-electron chi connectivity index (χ3n) is 6.22. The summed E-state index contributed by atoms with van der Waals surface area (Å²) in [6.07, 6.45) is 6.28. The van der Waals surface area contributed by atoms with Crippen LogP contribution in [0.4, 0.5) is 0 Å². The van der Waals surface area contributed by atoms with Gasteiger partial charge in [0.25, 0.3) is 5.91 Å². The standard InChI is InChI=1S/C22H30N4O/c1-3-16-7-9-17(10-8-16)26-19-6-4-5-18(19)20(25-26)21(27)24-15-22(2)11-13-23-14-12-22/h7-10,23H,3-6,11-15H2,1-2H3,(H,24,27). The maximum atomic E-state index is 12.9. The molecule has 1 aliphatic carbocycles. The monoisotopic (exact) mass is 366 g/mol. The number of nitrogens with one attached hydrogen (secondary N) is 2. The second kappa shape index (κ2) is 7.47. The Labute approximate surface area is 161 Å².